The number of ether oxygens (including phenoxy) is 6. The molecule has 2 aliphatic carbocycles. The van der Waals surface area contributed by atoms with E-state index in [1.807, 2.05) is 20.9 Å². The van der Waals surface area contributed by atoms with Gasteiger partial charge in [0.1, 0.15) is 17.4 Å². The van der Waals surface area contributed by atoms with E-state index >= 15 is 4.79 Å². The SMILES string of the molecule is COc1cc2c(cc1O)CCN[C@]21CS[C@@H]2c3c(OC(C)=O)c(C)c4c(c3[C@]3(CC3OC1=O)N1C2[C@H]2c3c(cc(C)c(OC)c3O)C3[C@H](N2C)[C@@]31C#N)OCO4. The number of nitrogens with zero attached hydrogens (tertiary/aromatic N) is 3. The molecule has 3 aromatic carbocycles. The van der Waals surface area contributed by atoms with Crippen LogP contribution in [0.15, 0.2) is 18.2 Å². The minimum atomic E-state index is -1.35. The fourth-order valence-electron chi connectivity index (χ4n) is 11.8. The van der Waals surface area contributed by atoms with Crippen LogP contribution in [0.2, 0.25) is 0 Å². The summed E-state index contributed by atoms with van der Waals surface area (Å²) in [4.78, 5) is 32.6. The number of esters is 2. The van der Waals surface area contributed by atoms with Gasteiger partial charge < -0.3 is 38.6 Å². The van der Waals surface area contributed by atoms with Gasteiger partial charge in [-0.05, 0) is 61.7 Å². The van der Waals surface area contributed by atoms with Crippen molar-refractivity contribution in [3.8, 4) is 46.3 Å². The molecular weight excluding hydrogens is 741 g/mol. The molecule has 2 saturated carbocycles. The standard InChI is InChI=1S/C41H40N4O10S/c1-16-9-20-25(31(48)32(16)51-6)29-30-36-26-28(35-34(52-15-53-35)17(2)33(26)54-18(3)46)40(45(30)41(13-42)27(20)37(41)44(29)4)12-24(40)55-38(49)39(14-56-36)21-11-23(50-5)22(47)10-19(21)7-8-43-39/h9-11,24,27,29-30,36-37,43,47-48H,7-8,12,14-15H2,1-6H3/t24?,27?,29-,30?,36-,37+,39-,40-,41-/m1/s1. The monoisotopic (exact) mass is 780 g/mol. The molecule has 9 atom stereocenters. The van der Waals surface area contributed by atoms with Gasteiger partial charge >= 0.3 is 11.9 Å². The lowest BCUT2D eigenvalue weighted by Crippen LogP contribution is -2.67. The van der Waals surface area contributed by atoms with Crippen LogP contribution in [-0.2, 0) is 31.8 Å². The van der Waals surface area contributed by atoms with Crippen LogP contribution in [0, 0.1) is 25.2 Å². The smallest absolute Gasteiger partial charge is 0.332 e. The number of nitriles is 1. The van der Waals surface area contributed by atoms with E-state index in [2.05, 4.69) is 27.3 Å². The molecule has 0 radical (unpaired) electrons. The van der Waals surface area contributed by atoms with Gasteiger partial charge in [0, 0.05) is 59.9 Å². The van der Waals surface area contributed by atoms with Gasteiger partial charge in [0.25, 0.3) is 0 Å². The maximum absolute atomic E-state index is 15.0. The number of aromatic hydroxyl groups is 2. The van der Waals surface area contributed by atoms with Crippen molar-refractivity contribution in [3.63, 3.8) is 0 Å². The molecule has 15 heteroatoms. The van der Waals surface area contributed by atoms with Crippen molar-refractivity contribution < 1.29 is 48.2 Å². The van der Waals surface area contributed by atoms with Gasteiger partial charge in [-0.2, -0.15) is 5.26 Å². The molecule has 7 heterocycles. The zero-order valence-corrected chi connectivity index (χ0v) is 32.5. The van der Waals surface area contributed by atoms with E-state index in [0.29, 0.717) is 64.6 Å². The predicted molar refractivity (Wildman–Crippen MR) is 198 cm³/mol. The first-order valence-electron chi connectivity index (χ1n) is 18.9. The summed E-state index contributed by atoms with van der Waals surface area (Å²) < 4.78 is 36.8. The average molecular weight is 781 g/mol. The van der Waals surface area contributed by atoms with E-state index in [-0.39, 0.29) is 41.8 Å². The molecule has 3 aromatic rings. The zero-order valence-electron chi connectivity index (χ0n) is 31.6. The van der Waals surface area contributed by atoms with Gasteiger partial charge in [-0.1, -0.05) is 6.07 Å². The highest BCUT2D eigenvalue weighted by atomic mass is 32.2. The second kappa shape index (κ2) is 10.9. The largest absolute Gasteiger partial charge is 0.504 e. The Labute approximate surface area is 326 Å². The third kappa shape index (κ3) is 3.75. The van der Waals surface area contributed by atoms with Gasteiger partial charge in [0.2, 0.25) is 6.79 Å². The number of rotatable bonds is 3. The molecule has 3 unspecified atom stereocenters. The zero-order chi connectivity index (χ0) is 39.0. The van der Waals surface area contributed by atoms with Crippen molar-refractivity contribution in [2.45, 2.75) is 85.6 Å². The van der Waals surface area contributed by atoms with Gasteiger partial charge in [0.15, 0.2) is 40.0 Å². The molecule has 12 rings (SSSR count). The number of carbonyl (C=O) groups excluding carboxylic acids is 2. The molecule has 0 aromatic heterocycles. The molecule has 4 fully saturated rings. The second-order valence-corrected chi connectivity index (χ2v) is 17.5. The Morgan fingerprint density at radius 1 is 1.11 bits per heavy atom. The Morgan fingerprint density at radius 2 is 1.89 bits per heavy atom. The topological polar surface area (TPSA) is 172 Å². The van der Waals surface area contributed by atoms with Crippen LogP contribution < -0.4 is 29.0 Å². The lowest BCUT2D eigenvalue weighted by molar-refractivity contribution is -0.157. The van der Waals surface area contributed by atoms with Crippen LogP contribution in [0.3, 0.4) is 0 Å². The number of benzene rings is 3. The lowest BCUT2D eigenvalue weighted by atomic mass is 9.75. The first-order valence-corrected chi connectivity index (χ1v) is 19.9. The number of aryl methyl sites for hydroxylation is 1. The van der Waals surface area contributed by atoms with Gasteiger partial charge in [-0.25, -0.2) is 4.79 Å². The third-order valence-corrected chi connectivity index (χ3v) is 15.4. The van der Waals surface area contributed by atoms with E-state index in [9.17, 15) is 20.3 Å². The Morgan fingerprint density at radius 3 is 2.62 bits per heavy atom. The van der Waals surface area contributed by atoms with Gasteiger partial charge in [-0.15, -0.1) is 11.8 Å². The number of phenols is 2. The summed E-state index contributed by atoms with van der Waals surface area (Å²) in [5.74, 6) is 0.848. The van der Waals surface area contributed by atoms with Crippen LogP contribution in [0.25, 0.3) is 0 Å². The highest BCUT2D eigenvalue weighted by molar-refractivity contribution is 7.99. The van der Waals surface area contributed by atoms with Crippen molar-refractivity contribution in [1.82, 2.24) is 15.1 Å². The molecule has 9 aliphatic rings. The van der Waals surface area contributed by atoms with E-state index in [4.69, 9.17) is 28.4 Å². The van der Waals surface area contributed by atoms with Crippen molar-refractivity contribution >= 4 is 23.7 Å². The molecule has 7 aliphatic heterocycles. The second-order valence-electron chi connectivity index (χ2n) is 16.3. The maximum atomic E-state index is 15.0. The van der Waals surface area contributed by atoms with Crippen LogP contribution in [0.4, 0.5) is 0 Å². The number of piperazine rings is 1. The molecule has 56 heavy (non-hydrogen) atoms. The van der Waals surface area contributed by atoms with E-state index in [0.717, 1.165) is 22.3 Å². The summed E-state index contributed by atoms with van der Waals surface area (Å²) in [6.07, 6.45) is 0.162. The Kier molecular flexibility index (Phi) is 6.72. The number of hydrogen-bond acceptors (Lipinski definition) is 15. The maximum Gasteiger partial charge on any atom is 0.332 e. The molecule has 14 nitrogen and oxygen atoms in total. The molecule has 4 bridgehead atoms. The van der Waals surface area contributed by atoms with E-state index in [1.165, 1.54) is 25.8 Å². The number of carbonyl (C=O) groups is 2. The number of fused-ring (bicyclic) bond motifs is 9. The minimum absolute atomic E-state index is 0.0162. The summed E-state index contributed by atoms with van der Waals surface area (Å²) in [6, 6.07) is 7.05. The molecule has 2 saturated heterocycles. The number of methoxy groups -OCH3 is 2. The minimum Gasteiger partial charge on any atom is -0.504 e. The molecule has 2 spiro atoms. The first-order chi connectivity index (χ1) is 26.9. The molecule has 3 N–H and O–H groups in total. The number of phenolic OH excluding ortho intramolecular Hbond substituents is 2. The summed E-state index contributed by atoms with van der Waals surface area (Å²) >= 11 is 1.51. The van der Waals surface area contributed by atoms with Crippen LogP contribution in [0.1, 0.15) is 75.1 Å². The van der Waals surface area contributed by atoms with Crippen molar-refractivity contribution in [2.24, 2.45) is 0 Å². The summed E-state index contributed by atoms with van der Waals surface area (Å²) in [5.41, 5.74) is 2.36. The molecule has 0 amide bonds. The number of thioether (sulfide) groups is 1. The van der Waals surface area contributed by atoms with Crippen molar-refractivity contribution in [3.05, 3.63) is 62.7 Å². The van der Waals surface area contributed by atoms with Gasteiger partial charge in [-0.3, -0.25) is 19.9 Å². The number of likely N-dealkylation sites (N-methyl/N-ethyl adjacent to an activating group) is 1. The first kappa shape index (κ1) is 34.4. The number of nitrogens with one attached hydrogen (secondary N) is 1. The van der Waals surface area contributed by atoms with Gasteiger partial charge in [0.05, 0.1) is 43.2 Å². The van der Waals surface area contributed by atoms with E-state index in [1.54, 1.807) is 19.2 Å². The molecule has 290 valence electrons. The van der Waals surface area contributed by atoms with Crippen LogP contribution in [0.5, 0.6) is 40.2 Å². The predicted octanol–water partition coefficient (Wildman–Crippen LogP) is 3.84. The van der Waals surface area contributed by atoms with Crippen molar-refractivity contribution in [2.75, 3.05) is 40.4 Å². The quantitative estimate of drug-likeness (QED) is 0.259. The normalized spacial score (nSPS) is 34.8. The fraction of sp³-hybridized carbons (Fsp3) is 0.488. The Balaban J connectivity index is 1.22. The third-order valence-electron chi connectivity index (χ3n) is 13.9. The number of hydrogen-bond donors (Lipinski definition) is 3. The fourth-order valence-corrected chi connectivity index (χ4v) is 13.5. The summed E-state index contributed by atoms with van der Waals surface area (Å²) in [7, 11) is 5.03. The average Bonchev–Trinajstić information content (AvgIpc) is 3.99. The highest BCUT2D eigenvalue weighted by Gasteiger charge is 2.87. The van der Waals surface area contributed by atoms with Crippen LogP contribution >= 0.6 is 11.8 Å². The summed E-state index contributed by atoms with van der Waals surface area (Å²) in [6.45, 7) is 5.52. The van der Waals surface area contributed by atoms with Crippen LogP contribution in [-0.4, -0.2) is 96.0 Å². The summed E-state index contributed by atoms with van der Waals surface area (Å²) in [5, 5.41) is 37.6. The Bertz CT molecular complexity index is 2420. The van der Waals surface area contributed by atoms with Crippen molar-refractivity contribution in [1.29, 1.82) is 5.26 Å². The van der Waals surface area contributed by atoms with E-state index < -0.39 is 52.0 Å². The molecular formula is C41H40N4O10S. The highest BCUT2D eigenvalue weighted by Crippen LogP contribution is 2.80. The lowest BCUT2D eigenvalue weighted by Gasteiger charge is -2.58. The Hall–Kier alpha value is -4.88.